The summed E-state index contributed by atoms with van der Waals surface area (Å²) < 4.78 is 14.7. The summed E-state index contributed by atoms with van der Waals surface area (Å²) in [7, 11) is 3.31. The van der Waals surface area contributed by atoms with E-state index in [1.807, 2.05) is 34.7 Å². The lowest BCUT2D eigenvalue weighted by Crippen LogP contribution is -2.35. The first kappa shape index (κ1) is 23.1. The minimum absolute atomic E-state index is 0.182. The van der Waals surface area contributed by atoms with Gasteiger partial charge in [0.15, 0.2) is 5.60 Å². The van der Waals surface area contributed by atoms with Crippen molar-refractivity contribution in [3.05, 3.63) is 60.4 Å². The standard InChI is InChI=1S/C27H31N5O3/c1-27(2,26(33)34-4)35-18-21-16-25(19-11-12-20-17-28-30(3)24(20)15-19)32(29-21)23-10-6-5-9-22(23)31-13-7-8-14-31/h5-6,9-12,15-17H,7-8,13-14,18H2,1-4H3. The number of methoxy groups -OCH3 is 1. The van der Waals surface area contributed by atoms with Gasteiger partial charge in [-0.1, -0.05) is 24.3 Å². The highest BCUT2D eigenvalue weighted by Crippen LogP contribution is 2.33. The van der Waals surface area contributed by atoms with Crippen LogP contribution in [0.1, 0.15) is 32.4 Å². The fourth-order valence-corrected chi connectivity index (χ4v) is 4.62. The summed E-state index contributed by atoms with van der Waals surface area (Å²) in [5.74, 6) is -0.418. The second-order valence-corrected chi connectivity index (χ2v) is 9.45. The topological polar surface area (TPSA) is 74.4 Å². The van der Waals surface area contributed by atoms with Crippen LogP contribution in [0.3, 0.4) is 0 Å². The van der Waals surface area contributed by atoms with Gasteiger partial charge >= 0.3 is 5.97 Å². The molecule has 0 unspecified atom stereocenters. The zero-order valence-electron chi connectivity index (χ0n) is 20.7. The maximum absolute atomic E-state index is 12.1. The predicted molar refractivity (Wildman–Crippen MR) is 136 cm³/mol. The summed E-state index contributed by atoms with van der Waals surface area (Å²) >= 11 is 0. The van der Waals surface area contributed by atoms with Gasteiger partial charge < -0.3 is 14.4 Å². The molecule has 0 N–H and O–H groups in total. The number of hydrogen-bond donors (Lipinski definition) is 0. The molecule has 0 saturated carbocycles. The molecule has 1 aliphatic rings. The SMILES string of the molecule is COC(=O)C(C)(C)OCc1cc(-c2ccc3cnn(C)c3c2)n(-c2ccccc2N2CCCC2)n1. The van der Waals surface area contributed by atoms with Gasteiger partial charge in [-0.05, 0) is 51.0 Å². The number of anilines is 1. The van der Waals surface area contributed by atoms with Crippen LogP contribution in [-0.4, -0.2) is 51.3 Å². The van der Waals surface area contributed by atoms with Crippen LogP contribution in [0.15, 0.2) is 54.7 Å². The Morgan fingerprint density at radius 1 is 1.06 bits per heavy atom. The highest BCUT2D eigenvalue weighted by Gasteiger charge is 2.30. The highest BCUT2D eigenvalue weighted by molar-refractivity contribution is 5.84. The van der Waals surface area contributed by atoms with Crippen molar-refractivity contribution in [2.75, 3.05) is 25.1 Å². The molecular weight excluding hydrogens is 442 g/mol. The number of nitrogens with zero attached hydrogens (tertiary/aromatic N) is 5. The molecule has 1 saturated heterocycles. The Hall–Kier alpha value is -3.65. The summed E-state index contributed by atoms with van der Waals surface area (Å²) in [4.78, 5) is 14.5. The lowest BCUT2D eigenvalue weighted by atomic mass is 10.1. The van der Waals surface area contributed by atoms with E-state index >= 15 is 0 Å². The Labute approximate surface area is 205 Å². The lowest BCUT2D eigenvalue weighted by Gasteiger charge is -2.22. The minimum Gasteiger partial charge on any atom is -0.467 e. The summed E-state index contributed by atoms with van der Waals surface area (Å²) in [6.07, 6.45) is 4.26. The van der Waals surface area contributed by atoms with E-state index in [1.54, 1.807) is 13.8 Å². The molecule has 0 radical (unpaired) electrons. The van der Waals surface area contributed by atoms with Gasteiger partial charge in [-0.2, -0.15) is 10.2 Å². The normalized spacial score (nSPS) is 14.1. The fourth-order valence-electron chi connectivity index (χ4n) is 4.62. The van der Waals surface area contributed by atoms with Crippen LogP contribution in [-0.2, 0) is 27.9 Å². The monoisotopic (exact) mass is 473 g/mol. The first-order valence-corrected chi connectivity index (χ1v) is 12.0. The van der Waals surface area contributed by atoms with E-state index in [1.165, 1.54) is 25.6 Å². The van der Waals surface area contributed by atoms with Crippen molar-refractivity contribution < 1.29 is 14.3 Å². The molecule has 35 heavy (non-hydrogen) atoms. The third-order valence-electron chi connectivity index (χ3n) is 6.62. The van der Waals surface area contributed by atoms with Crippen LogP contribution in [0.4, 0.5) is 5.69 Å². The van der Waals surface area contributed by atoms with Crippen molar-refractivity contribution in [3.63, 3.8) is 0 Å². The molecule has 182 valence electrons. The Morgan fingerprint density at radius 3 is 2.54 bits per heavy atom. The molecule has 8 heteroatoms. The Balaban J connectivity index is 1.60. The van der Waals surface area contributed by atoms with E-state index in [9.17, 15) is 4.79 Å². The van der Waals surface area contributed by atoms with Crippen LogP contribution in [0, 0.1) is 0 Å². The van der Waals surface area contributed by atoms with Gasteiger partial charge in [0, 0.05) is 31.1 Å². The maximum Gasteiger partial charge on any atom is 0.337 e. The molecule has 1 aliphatic heterocycles. The Bertz CT molecular complexity index is 1360. The number of ether oxygens (including phenoxy) is 2. The molecular formula is C27H31N5O3. The van der Waals surface area contributed by atoms with E-state index in [2.05, 4.69) is 46.4 Å². The molecule has 4 aromatic rings. The van der Waals surface area contributed by atoms with Crippen molar-refractivity contribution in [1.29, 1.82) is 0 Å². The molecule has 3 heterocycles. The van der Waals surface area contributed by atoms with E-state index in [0.29, 0.717) is 0 Å². The maximum atomic E-state index is 12.1. The molecule has 0 bridgehead atoms. The molecule has 0 aliphatic carbocycles. The number of para-hydroxylation sites is 2. The first-order chi connectivity index (χ1) is 16.9. The van der Waals surface area contributed by atoms with Crippen LogP contribution in [0.5, 0.6) is 0 Å². The lowest BCUT2D eigenvalue weighted by molar-refractivity contribution is -0.166. The van der Waals surface area contributed by atoms with Crippen molar-refractivity contribution in [2.45, 2.75) is 38.9 Å². The molecule has 2 aromatic carbocycles. The fraction of sp³-hybridized carbons (Fsp3) is 0.370. The summed E-state index contributed by atoms with van der Waals surface area (Å²) in [6.45, 7) is 5.67. The number of carbonyl (C=O) groups excluding carboxylic acids is 1. The van der Waals surface area contributed by atoms with Gasteiger partial charge in [0.2, 0.25) is 0 Å². The first-order valence-electron chi connectivity index (χ1n) is 12.0. The minimum atomic E-state index is -1.07. The number of aromatic nitrogens is 4. The Morgan fingerprint density at radius 2 is 1.80 bits per heavy atom. The van der Waals surface area contributed by atoms with E-state index in [0.717, 1.165) is 46.6 Å². The number of fused-ring (bicyclic) bond motifs is 1. The molecule has 0 amide bonds. The number of esters is 1. The average Bonchev–Trinajstić information content (AvgIpc) is 3.63. The van der Waals surface area contributed by atoms with Gasteiger partial charge in [-0.3, -0.25) is 4.68 Å². The number of rotatable bonds is 7. The average molecular weight is 474 g/mol. The number of carbonyl (C=O) groups is 1. The van der Waals surface area contributed by atoms with E-state index < -0.39 is 11.6 Å². The van der Waals surface area contributed by atoms with Crippen molar-refractivity contribution in [3.8, 4) is 16.9 Å². The second kappa shape index (κ2) is 9.19. The van der Waals surface area contributed by atoms with Crippen molar-refractivity contribution >= 4 is 22.6 Å². The van der Waals surface area contributed by atoms with Crippen LogP contribution < -0.4 is 4.90 Å². The molecule has 8 nitrogen and oxygen atoms in total. The Kier molecular flexibility index (Phi) is 6.06. The summed E-state index contributed by atoms with van der Waals surface area (Å²) in [5, 5.41) is 10.4. The largest absolute Gasteiger partial charge is 0.467 e. The van der Waals surface area contributed by atoms with Gasteiger partial charge in [0.1, 0.15) is 0 Å². The molecule has 1 fully saturated rings. The van der Waals surface area contributed by atoms with Gasteiger partial charge in [-0.15, -0.1) is 0 Å². The quantitative estimate of drug-likeness (QED) is 0.368. The number of aryl methyl sites for hydroxylation is 1. The number of benzene rings is 2. The smallest absolute Gasteiger partial charge is 0.337 e. The van der Waals surface area contributed by atoms with Crippen molar-refractivity contribution in [1.82, 2.24) is 19.6 Å². The third kappa shape index (κ3) is 4.41. The van der Waals surface area contributed by atoms with Crippen LogP contribution in [0.25, 0.3) is 27.8 Å². The third-order valence-corrected chi connectivity index (χ3v) is 6.62. The second-order valence-electron chi connectivity index (χ2n) is 9.45. The molecule has 5 rings (SSSR count). The summed E-state index contributed by atoms with van der Waals surface area (Å²) in [6, 6.07) is 16.7. The zero-order chi connectivity index (χ0) is 24.6. The highest BCUT2D eigenvalue weighted by atomic mass is 16.6. The van der Waals surface area contributed by atoms with Crippen LogP contribution >= 0.6 is 0 Å². The number of hydrogen-bond acceptors (Lipinski definition) is 6. The van der Waals surface area contributed by atoms with Crippen molar-refractivity contribution in [2.24, 2.45) is 7.05 Å². The molecule has 0 spiro atoms. The van der Waals surface area contributed by atoms with Crippen LogP contribution in [0.2, 0.25) is 0 Å². The zero-order valence-corrected chi connectivity index (χ0v) is 20.7. The van der Waals surface area contributed by atoms with Gasteiger partial charge in [0.25, 0.3) is 0 Å². The summed E-state index contributed by atoms with van der Waals surface area (Å²) in [5.41, 5.74) is 4.88. The molecule has 0 atom stereocenters. The predicted octanol–water partition coefficient (Wildman–Crippen LogP) is 4.49. The van der Waals surface area contributed by atoms with Gasteiger partial charge in [0.05, 0.1) is 48.2 Å². The van der Waals surface area contributed by atoms with E-state index in [4.69, 9.17) is 14.6 Å². The molecule has 2 aromatic heterocycles. The van der Waals surface area contributed by atoms with Gasteiger partial charge in [-0.25, -0.2) is 9.48 Å². The van der Waals surface area contributed by atoms with E-state index in [-0.39, 0.29) is 6.61 Å².